The molecule has 0 radical (unpaired) electrons. The molecule has 0 saturated heterocycles. The Balaban J connectivity index is 2.14. The van der Waals surface area contributed by atoms with E-state index in [0.29, 0.717) is 27.6 Å². The monoisotopic (exact) mass is 401 g/mol. The van der Waals surface area contributed by atoms with Crippen molar-refractivity contribution in [2.45, 2.75) is 33.7 Å². The molecular formula is C20H23N3O4S. The summed E-state index contributed by atoms with van der Waals surface area (Å²) in [4.78, 5) is 25.3. The normalized spacial score (nSPS) is 10.3. The average molecular weight is 401 g/mol. The van der Waals surface area contributed by atoms with Crippen LogP contribution in [0.25, 0.3) is 0 Å². The third-order valence-corrected chi connectivity index (χ3v) is 5.08. The van der Waals surface area contributed by atoms with Crippen LogP contribution in [0.3, 0.4) is 0 Å². The number of benzene rings is 1. The molecule has 1 aromatic heterocycles. The van der Waals surface area contributed by atoms with Crippen molar-refractivity contribution >= 4 is 28.2 Å². The van der Waals surface area contributed by atoms with E-state index >= 15 is 0 Å². The van der Waals surface area contributed by atoms with Crippen LogP contribution in [0.5, 0.6) is 11.5 Å². The lowest BCUT2D eigenvalue weighted by Gasteiger charge is -2.13. The quantitative estimate of drug-likeness (QED) is 0.741. The predicted octanol–water partition coefficient (Wildman–Crippen LogP) is 3.40. The number of carbonyl (C=O) groups excluding carboxylic acids is 2. The Bertz CT molecular complexity index is 928. The van der Waals surface area contributed by atoms with Crippen LogP contribution < -0.4 is 20.1 Å². The maximum absolute atomic E-state index is 12.6. The van der Waals surface area contributed by atoms with Crippen molar-refractivity contribution in [3.63, 3.8) is 0 Å². The number of hydrogen-bond acceptors (Lipinski definition) is 6. The maximum atomic E-state index is 12.6. The average Bonchev–Trinajstić information content (AvgIpc) is 2.92. The molecule has 0 unspecified atom stereocenters. The second-order valence-electron chi connectivity index (χ2n) is 6.43. The van der Waals surface area contributed by atoms with Gasteiger partial charge >= 0.3 is 0 Å². The summed E-state index contributed by atoms with van der Waals surface area (Å²) < 4.78 is 10.8. The van der Waals surface area contributed by atoms with Gasteiger partial charge in [-0.15, -0.1) is 11.3 Å². The van der Waals surface area contributed by atoms with Crippen LogP contribution in [0.2, 0.25) is 0 Å². The lowest BCUT2D eigenvalue weighted by Crippen LogP contribution is -2.34. The van der Waals surface area contributed by atoms with Gasteiger partial charge < -0.3 is 20.1 Å². The van der Waals surface area contributed by atoms with Gasteiger partial charge in [0.1, 0.15) is 11.1 Å². The molecule has 2 amide bonds. The number of thiophene rings is 1. The number of nitrogens with zero attached hydrogens (tertiary/aromatic N) is 1. The molecule has 2 N–H and O–H groups in total. The van der Waals surface area contributed by atoms with Crippen LogP contribution in [0.15, 0.2) is 18.2 Å². The van der Waals surface area contributed by atoms with Gasteiger partial charge in [0, 0.05) is 16.5 Å². The van der Waals surface area contributed by atoms with Gasteiger partial charge in [0.2, 0.25) is 0 Å². The second kappa shape index (κ2) is 9.24. The zero-order valence-corrected chi connectivity index (χ0v) is 17.3. The van der Waals surface area contributed by atoms with Gasteiger partial charge in [-0.1, -0.05) is 0 Å². The molecule has 0 saturated carbocycles. The largest absolute Gasteiger partial charge is 0.493 e. The molecule has 2 aromatic rings. The predicted molar refractivity (Wildman–Crippen MR) is 108 cm³/mol. The summed E-state index contributed by atoms with van der Waals surface area (Å²) in [6, 6.07) is 6.83. The molecule has 2 rings (SSSR count). The van der Waals surface area contributed by atoms with E-state index in [4.69, 9.17) is 9.47 Å². The van der Waals surface area contributed by atoms with Crippen LogP contribution in [-0.2, 0) is 4.79 Å². The van der Waals surface area contributed by atoms with E-state index < -0.39 is 0 Å². The van der Waals surface area contributed by atoms with Gasteiger partial charge in [-0.2, -0.15) is 5.26 Å². The summed E-state index contributed by atoms with van der Waals surface area (Å²) in [6.07, 6.45) is 0. The van der Waals surface area contributed by atoms with Gasteiger partial charge in [0.25, 0.3) is 11.8 Å². The summed E-state index contributed by atoms with van der Waals surface area (Å²) in [5.41, 5.74) is 1.69. The zero-order valence-electron chi connectivity index (χ0n) is 16.5. The highest BCUT2D eigenvalue weighted by atomic mass is 32.1. The minimum atomic E-state index is -0.361. The molecule has 0 atom stereocenters. The number of ether oxygens (including phenoxy) is 2. The van der Waals surface area contributed by atoms with Crippen molar-refractivity contribution in [1.82, 2.24) is 5.32 Å². The third-order valence-electron chi connectivity index (χ3n) is 3.96. The lowest BCUT2D eigenvalue weighted by molar-refractivity contribution is -0.123. The first-order valence-electron chi connectivity index (χ1n) is 8.68. The highest BCUT2D eigenvalue weighted by Crippen LogP contribution is 2.33. The topological polar surface area (TPSA) is 100 Å². The van der Waals surface area contributed by atoms with Crippen LogP contribution in [0, 0.1) is 25.2 Å². The number of amides is 2. The van der Waals surface area contributed by atoms with Crippen molar-refractivity contribution in [3.05, 3.63) is 39.8 Å². The van der Waals surface area contributed by atoms with E-state index in [1.165, 1.54) is 24.5 Å². The first-order valence-corrected chi connectivity index (χ1v) is 9.50. The molecule has 0 fully saturated rings. The number of aryl methyl sites for hydroxylation is 1. The minimum absolute atomic E-state index is 0.0203. The molecule has 1 aromatic carbocycles. The van der Waals surface area contributed by atoms with Crippen molar-refractivity contribution in [3.8, 4) is 17.6 Å². The SMILES string of the molecule is COc1cc(C(=O)Nc2sc(C)c(C)c2C#N)ccc1OCC(=O)NC(C)C. The van der Waals surface area contributed by atoms with Crippen LogP contribution in [0.4, 0.5) is 5.00 Å². The highest BCUT2D eigenvalue weighted by molar-refractivity contribution is 7.16. The maximum Gasteiger partial charge on any atom is 0.258 e. The van der Waals surface area contributed by atoms with E-state index in [1.807, 2.05) is 27.7 Å². The smallest absolute Gasteiger partial charge is 0.258 e. The zero-order chi connectivity index (χ0) is 20.8. The Labute approximate surface area is 168 Å². The summed E-state index contributed by atoms with van der Waals surface area (Å²) in [6.45, 7) is 7.32. The fourth-order valence-electron chi connectivity index (χ4n) is 2.46. The standard InChI is InChI=1S/C20H23N3O4S/c1-11(2)22-18(24)10-27-16-7-6-14(8-17(16)26-5)19(25)23-20-15(9-21)12(3)13(4)28-20/h6-8,11H,10H2,1-5H3,(H,22,24)(H,23,25). The minimum Gasteiger partial charge on any atom is -0.493 e. The molecule has 0 spiro atoms. The fraction of sp³-hybridized carbons (Fsp3) is 0.350. The van der Waals surface area contributed by atoms with Crippen LogP contribution in [0.1, 0.15) is 40.2 Å². The molecule has 8 heteroatoms. The van der Waals surface area contributed by atoms with E-state index in [2.05, 4.69) is 16.7 Å². The molecule has 0 aliphatic carbocycles. The van der Waals surface area contributed by atoms with Crippen molar-refractivity contribution < 1.29 is 19.1 Å². The van der Waals surface area contributed by atoms with Gasteiger partial charge in [-0.25, -0.2) is 0 Å². The number of rotatable bonds is 7. The molecule has 0 bridgehead atoms. The van der Waals surface area contributed by atoms with Crippen molar-refractivity contribution in [1.29, 1.82) is 5.26 Å². The summed E-state index contributed by atoms with van der Waals surface area (Å²) in [7, 11) is 1.46. The Morgan fingerprint density at radius 1 is 1.25 bits per heavy atom. The second-order valence-corrected chi connectivity index (χ2v) is 7.65. The van der Waals surface area contributed by atoms with Crippen molar-refractivity contribution in [2.75, 3.05) is 19.0 Å². The van der Waals surface area contributed by atoms with Gasteiger partial charge in [0.15, 0.2) is 18.1 Å². The Morgan fingerprint density at radius 2 is 1.96 bits per heavy atom. The van der Waals surface area contributed by atoms with Gasteiger partial charge in [0.05, 0.1) is 12.7 Å². The molecular weight excluding hydrogens is 378 g/mol. The molecule has 28 heavy (non-hydrogen) atoms. The first kappa shape index (κ1) is 21.3. The summed E-state index contributed by atoms with van der Waals surface area (Å²) in [5, 5.41) is 15.3. The first-order chi connectivity index (χ1) is 13.3. The molecule has 7 nitrogen and oxygen atoms in total. The molecule has 148 valence electrons. The number of methoxy groups -OCH3 is 1. The fourth-order valence-corrected chi connectivity index (χ4v) is 3.47. The number of nitriles is 1. The molecule has 0 aliphatic rings. The van der Waals surface area contributed by atoms with Crippen LogP contribution in [-0.4, -0.2) is 31.6 Å². The number of hydrogen-bond donors (Lipinski definition) is 2. The van der Waals surface area contributed by atoms with E-state index in [0.717, 1.165) is 10.4 Å². The van der Waals surface area contributed by atoms with Crippen LogP contribution >= 0.6 is 11.3 Å². The Hall–Kier alpha value is -3.05. The summed E-state index contributed by atoms with van der Waals surface area (Å²) >= 11 is 1.36. The van der Waals surface area contributed by atoms with Gasteiger partial charge in [-0.3, -0.25) is 9.59 Å². The summed E-state index contributed by atoms with van der Waals surface area (Å²) in [5.74, 6) is 0.0917. The van der Waals surface area contributed by atoms with E-state index in [1.54, 1.807) is 12.1 Å². The van der Waals surface area contributed by atoms with E-state index in [-0.39, 0.29) is 24.5 Å². The van der Waals surface area contributed by atoms with Gasteiger partial charge in [-0.05, 0) is 51.5 Å². The Kier molecular flexibility index (Phi) is 7.01. The third kappa shape index (κ3) is 5.02. The number of nitrogens with one attached hydrogen (secondary N) is 2. The Morgan fingerprint density at radius 3 is 2.57 bits per heavy atom. The van der Waals surface area contributed by atoms with E-state index in [9.17, 15) is 14.9 Å². The molecule has 0 aliphatic heterocycles. The number of anilines is 1. The molecule has 1 heterocycles. The number of carbonyl (C=O) groups is 2. The van der Waals surface area contributed by atoms with Crippen molar-refractivity contribution in [2.24, 2.45) is 0 Å². The highest BCUT2D eigenvalue weighted by Gasteiger charge is 2.17. The lowest BCUT2D eigenvalue weighted by atomic mass is 10.1.